The van der Waals surface area contributed by atoms with Crippen molar-refractivity contribution >= 4 is 11.6 Å². The summed E-state index contributed by atoms with van der Waals surface area (Å²) in [6.07, 6.45) is -4.79. The van der Waals surface area contributed by atoms with Gasteiger partial charge in [-0.15, -0.1) is 0 Å². The van der Waals surface area contributed by atoms with E-state index in [4.69, 9.17) is 5.11 Å². The molecular formula is C10H7F3N2O2. The number of imidazole rings is 1. The fourth-order valence-electron chi connectivity index (χ4n) is 1.65. The van der Waals surface area contributed by atoms with Gasteiger partial charge in [-0.25, -0.2) is 9.78 Å². The highest BCUT2D eigenvalue weighted by Gasteiger charge is 2.40. The van der Waals surface area contributed by atoms with E-state index in [1.807, 2.05) is 0 Å². The van der Waals surface area contributed by atoms with Crippen LogP contribution in [0.5, 0.6) is 0 Å². The summed E-state index contributed by atoms with van der Waals surface area (Å²) in [6, 6.07) is 4.36. The lowest BCUT2D eigenvalue weighted by atomic mass is 10.3. The Balaban J connectivity index is 2.91. The van der Waals surface area contributed by atoms with Gasteiger partial charge in [-0.1, -0.05) is 6.07 Å². The van der Waals surface area contributed by atoms with Crippen LogP contribution in [0.25, 0.3) is 5.65 Å². The van der Waals surface area contributed by atoms with Gasteiger partial charge in [0, 0.05) is 5.69 Å². The highest BCUT2D eigenvalue weighted by atomic mass is 19.4. The topological polar surface area (TPSA) is 54.6 Å². The van der Waals surface area contributed by atoms with E-state index in [1.54, 1.807) is 0 Å². The molecule has 0 aliphatic rings. The normalized spacial score (nSPS) is 12.0. The number of hydrogen-bond acceptors (Lipinski definition) is 2. The lowest BCUT2D eigenvalue weighted by molar-refractivity contribution is -0.141. The Morgan fingerprint density at radius 1 is 1.41 bits per heavy atom. The minimum Gasteiger partial charge on any atom is -0.476 e. The maximum absolute atomic E-state index is 12.6. The average molecular weight is 244 g/mol. The van der Waals surface area contributed by atoms with Gasteiger partial charge in [-0.3, -0.25) is 4.40 Å². The maximum Gasteiger partial charge on any atom is 0.435 e. The summed E-state index contributed by atoms with van der Waals surface area (Å²) in [6.45, 7) is 1.52. The van der Waals surface area contributed by atoms with Gasteiger partial charge in [0.2, 0.25) is 0 Å². The molecule has 2 heterocycles. The molecule has 17 heavy (non-hydrogen) atoms. The number of nitrogens with zero attached hydrogens (tertiary/aromatic N) is 2. The molecule has 2 aromatic heterocycles. The predicted molar refractivity (Wildman–Crippen MR) is 51.9 cm³/mol. The van der Waals surface area contributed by atoms with E-state index in [0.717, 1.165) is 4.40 Å². The Hall–Kier alpha value is -2.05. The number of halogens is 3. The highest BCUT2D eigenvalue weighted by molar-refractivity contribution is 5.88. The van der Waals surface area contributed by atoms with Crippen LogP contribution in [0, 0.1) is 6.92 Å². The van der Waals surface area contributed by atoms with Gasteiger partial charge in [0.05, 0.1) is 0 Å². The van der Waals surface area contributed by atoms with E-state index >= 15 is 0 Å². The first kappa shape index (κ1) is 11.4. The quantitative estimate of drug-likeness (QED) is 0.837. The summed E-state index contributed by atoms with van der Waals surface area (Å²) in [7, 11) is 0. The standard InChI is InChI=1S/C10H7F3N2O2/c1-5-3-2-4-6-14-8(10(11,12)13)7(9(16)17)15(5)6/h2-4H,1H3,(H,16,17). The van der Waals surface area contributed by atoms with Gasteiger partial charge < -0.3 is 5.11 Å². The molecule has 7 heteroatoms. The van der Waals surface area contributed by atoms with Crippen LogP contribution in [0.2, 0.25) is 0 Å². The number of aromatic carboxylic acids is 1. The molecule has 90 valence electrons. The lowest BCUT2D eigenvalue weighted by Gasteiger charge is -2.05. The summed E-state index contributed by atoms with van der Waals surface area (Å²) in [5.41, 5.74) is -1.89. The lowest BCUT2D eigenvalue weighted by Crippen LogP contribution is -2.14. The third kappa shape index (κ3) is 1.73. The summed E-state index contributed by atoms with van der Waals surface area (Å²) in [5, 5.41) is 8.88. The van der Waals surface area contributed by atoms with Crippen molar-refractivity contribution in [3.63, 3.8) is 0 Å². The number of aryl methyl sites for hydroxylation is 1. The van der Waals surface area contributed by atoms with Crippen molar-refractivity contribution < 1.29 is 23.1 Å². The summed E-state index contributed by atoms with van der Waals surface area (Å²) >= 11 is 0. The number of fused-ring (bicyclic) bond motifs is 1. The zero-order chi connectivity index (χ0) is 12.8. The van der Waals surface area contributed by atoms with Crippen molar-refractivity contribution in [3.05, 3.63) is 35.3 Å². The van der Waals surface area contributed by atoms with E-state index in [-0.39, 0.29) is 5.65 Å². The van der Waals surface area contributed by atoms with Crippen LogP contribution in [-0.2, 0) is 6.18 Å². The van der Waals surface area contributed by atoms with Crippen LogP contribution in [0.3, 0.4) is 0 Å². The molecule has 4 nitrogen and oxygen atoms in total. The summed E-state index contributed by atoms with van der Waals surface area (Å²) < 4.78 is 38.9. The number of carboxylic acids is 1. The molecule has 0 spiro atoms. The van der Waals surface area contributed by atoms with Gasteiger partial charge in [0.25, 0.3) is 0 Å². The number of aromatic nitrogens is 2. The van der Waals surface area contributed by atoms with E-state index in [1.165, 1.54) is 25.1 Å². The minimum absolute atomic E-state index is 0.0327. The van der Waals surface area contributed by atoms with Crippen LogP contribution in [-0.4, -0.2) is 20.5 Å². The summed E-state index contributed by atoms with van der Waals surface area (Å²) in [4.78, 5) is 14.3. The van der Waals surface area contributed by atoms with Crippen molar-refractivity contribution in [1.29, 1.82) is 0 Å². The van der Waals surface area contributed by atoms with Crippen LogP contribution in [0.15, 0.2) is 18.2 Å². The van der Waals surface area contributed by atoms with Crippen molar-refractivity contribution in [2.24, 2.45) is 0 Å². The van der Waals surface area contributed by atoms with E-state index < -0.39 is 23.5 Å². The van der Waals surface area contributed by atoms with Gasteiger partial charge in [0.15, 0.2) is 11.4 Å². The molecule has 0 radical (unpaired) electrons. The number of pyridine rings is 1. The maximum atomic E-state index is 12.6. The highest BCUT2D eigenvalue weighted by Crippen LogP contribution is 2.32. The molecule has 2 rings (SSSR count). The van der Waals surface area contributed by atoms with Crippen LogP contribution in [0.1, 0.15) is 21.9 Å². The van der Waals surface area contributed by atoms with E-state index in [9.17, 15) is 18.0 Å². The largest absolute Gasteiger partial charge is 0.476 e. The van der Waals surface area contributed by atoms with Crippen LogP contribution >= 0.6 is 0 Å². The van der Waals surface area contributed by atoms with Crippen molar-refractivity contribution in [2.45, 2.75) is 13.1 Å². The predicted octanol–water partition coefficient (Wildman–Crippen LogP) is 2.36. The number of alkyl halides is 3. The average Bonchev–Trinajstić information content (AvgIpc) is 2.57. The fourth-order valence-corrected chi connectivity index (χ4v) is 1.65. The third-order valence-corrected chi connectivity index (χ3v) is 2.31. The molecule has 0 aliphatic heterocycles. The van der Waals surface area contributed by atoms with Crippen molar-refractivity contribution in [3.8, 4) is 0 Å². The Kier molecular flexibility index (Phi) is 2.34. The SMILES string of the molecule is Cc1cccc2nc(C(F)(F)F)c(C(=O)O)n12. The first-order valence-electron chi connectivity index (χ1n) is 4.61. The van der Waals surface area contributed by atoms with Gasteiger partial charge in [-0.2, -0.15) is 13.2 Å². The molecule has 0 aliphatic carbocycles. The number of rotatable bonds is 1. The fraction of sp³-hybridized carbons (Fsp3) is 0.200. The molecule has 0 fully saturated rings. The number of carboxylic acid groups (broad SMARTS) is 1. The molecule has 0 atom stereocenters. The van der Waals surface area contributed by atoms with Crippen LogP contribution < -0.4 is 0 Å². The molecule has 0 amide bonds. The Morgan fingerprint density at radius 3 is 2.59 bits per heavy atom. The molecule has 0 bridgehead atoms. The second-order valence-corrected chi connectivity index (χ2v) is 3.47. The zero-order valence-electron chi connectivity index (χ0n) is 8.62. The molecule has 0 saturated carbocycles. The zero-order valence-corrected chi connectivity index (χ0v) is 8.62. The monoisotopic (exact) mass is 244 g/mol. The smallest absolute Gasteiger partial charge is 0.435 e. The summed E-state index contributed by atoms with van der Waals surface area (Å²) in [5.74, 6) is -1.65. The molecule has 1 N–H and O–H groups in total. The molecule has 0 aromatic carbocycles. The Bertz CT molecular complexity index is 601. The Morgan fingerprint density at radius 2 is 2.06 bits per heavy atom. The first-order chi connectivity index (χ1) is 7.82. The number of carbonyl (C=O) groups is 1. The molecule has 0 saturated heterocycles. The van der Waals surface area contributed by atoms with Gasteiger partial charge in [0.1, 0.15) is 5.65 Å². The first-order valence-corrected chi connectivity index (χ1v) is 4.61. The van der Waals surface area contributed by atoms with E-state index in [2.05, 4.69) is 4.98 Å². The van der Waals surface area contributed by atoms with E-state index in [0.29, 0.717) is 5.69 Å². The Labute approximate surface area is 93.3 Å². The van der Waals surface area contributed by atoms with Crippen molar-refractivity contribution in [2.75, 3.05) is 0 Å². The number of hydrogen-bond donors (Lipinski definition) is 1. The van der Waals surface area contributed by atoms with Crippen molar-refractivity contribution in [1.82, 2.24) is 9.38 Å². The van der Waals surface area contributed by atoms with Gasteiger partial charge >= 0.3 is 12.1 Å². The second kappa shape index (κ2) is 3.47. The van der Waals surface area contributed by atoms with Gasteiger partial charge in [-0.05, 0) is 19.1 Å². The van der Waals surface area contributed by atoms with Crippen LogP contribution in [0.4, 0.5) is 13.2 Å². The molecule has 2 aromatic rings. The minimum atomic E-state index is -4.79. The molecular weight excluding hydrogens is 237 g/mol. The second-order valence-electron chi connectivity index (χ2n) is 3.47. The third-order valence-electron chi connectivity index (χ3n) is 2.31. The molecule has 0 unspecified atom stereocenters.